The Morgan fingerprint density at radius 1 is 1.36 bits per heavy atom. The van der Waals surface area contributed by atoms with Crippen LogP contribution in [0.3, 0.4) is 0 Å². The molecule has 0 aliphatic heterocycles. The van der Waals surface area contributed by atoms with E-state index < -0.39 is 0 Å². The van der Waals surface area contributed by atoms with Crippen LogP contribution in [0.5, 0.6) is 0 Å². The average Bonchev–Trinajstić information content (AvgIpc) is 2.19. The zero-order valence-corrected chi connectivity index (χ0v) is 8.49. The molecule has 0 unspecified atom stereocenters. The lowest BCUT2D eigenvalue weighted by molar-refractivity contribution is -0.111. The molecule has 1 aromatic rings. The molecule has 0 radical (unpaired) electrons. The van der Waals surface area contributed by atoms with Crippen molar-refractivity contribution in [3.63, 3.8) is 0 Å². The van der Waals surface area contributed by atoms with E-state index in [0.29, 0.717) is 12.2 Å². The van der Waals surface area contributed by atoms with Crippen molar-refractivity contribution in [2.24, 2.45) is 0 Å². The average molecular weight is 190 g/mol. The first-order valence-corrected chi connectivity index (χ1v) is 4.63. The molecular formula is C12H14O2. The zero-order valence-electron chi connectivity index (χ0n) is 8.49. The van der Waals surface area contributed by atoms with Crippen LogP contribution >= 0.6 is 0 Å². The van der Waals surface area contributed by atoms with Crippen LogP contribution in [0.25, 0.3) is 5.57 Å². The summed E-state index contributed by atoms with van der Waals surface area (Å²) in [6.45, 7) is 4.00. The Labute approximate surface area is 84.2 Å². The summed E-state index contributed by atoms with van der Waals surface area (Å²) in [4.78, 5) is 11.3. The predicted molar refractivity (Wildman–Crippen MR) is 56.7 cm³/mol. The number of carbonyl (C=O) groups is 1. The van der Waals surface area contributed by atoms with Crippen LogP contribution < -0.4 is 0 Å². The number of ether oxygens (including phenoxy) is 1. The molecule has 0 amide bonds. The van der Waals surface area contributed by atoms with E-state index in [-0.39, 0.29) is 5.78 Å². The fourth-order valence-corrected chi connectivity index (χ4v) is 1.14. The van der Waals surface area contributed by atoms with E-state index in [1.807, 2.05) is 37.3 Å². The van der Waals surface area contributed by atoms with Crippen LogP contribution in [-0.2, 0) is 9.53 Å². The normalized spacial score (nSPS) is 11.1. The van der Waals surface area contributed by atoms with E-state index in [2.05, 4.69) is 0 Å². The summed E-state index contributed by atoms with van der Waals surface area (Å²) in [7, 11) is 0. The van der Waals surface area contributed by atoms with Crippen molar-refractivity contribution in [1.29, 1.82) is 0 Å². The van der Waals surface area contributed by atoms with E-state index >= 15 is 0 Å². The third kappa shape index (κ3) is 2.73. The highest BCUT2D eigenvalue weighted by molar-refractivity contribution is 6.19. The molecule has 0 aliphatic rings. The van der Waals surface area contributed by atoms with Crippen molar-refractivity contribution in [3.05, 3.63) is 42.2 Å². The van der Waals surface area contributed by atoms with Gasteiger partial charge in [-0.25, -0.2) is 0 Å². The SMILES string of the molecule is CCOC=C(C(C)=O)c1ccccc1. The van der Waals surface area contributed by atoms with Crippen molar-refractivity contribution in [2.45, 2.75) is 13.8 Å². The van der Waals surface area contributed by atoms with Gasteiger partial charge in [-0.05, 0) is 19.4 Å². The number of allylic oxidation sites excluding steroid dienone is 1. The Morgan fingerprint density at radius 3 is 2.50 bits per heavy atom. The van der Waals surface area contributed by atoms with Crippen LogP contribution in [0, 0.1) is 0 Å². The highest BCUT2D eigenvalue weighted by Gasteiger charge is 2.06. The Kier molecular flexibility index (Phi) is 3.92. The van der Waals surface area contributed by atoms with Gasteiger partial charge in [-0.1, -0.05) is 30.3 Å². The number of carbonyl (C=O) groups excluding carboxylic acids is 1. The summed E-state index contributed by atoms with van der Waals surface area (Å²) in [6, 6.07) is 9.51. The van der Waals surface area contributed by atoms with E-state index in [9.17, 15) is 4.79 Å². The molecule has 74 valence electrons. The molecule has 0 fully saturated rings. The number of rotatable bonds is 4. The molecule has 0 aromatic heterocycles. The lowest BCUT2D eigenvalue weighted by Gasteiger charge is -2.03. The molecule has 0 saturated carbocycles. The topological polar surface area (TPSA) is 26.3 Å². The van der Waals surface area contributed by atoms with Gasteiger partial charge in [-0.15, -0.1) is 0 Å². The summed E-state index contributed by atoms with van der Waals surface area (Å²) in [5.74, 6) is 0.0182. The van der Waals surface area contributed by atoms with Gasteiger partial charge in [-0.3, -0.25) is 4.79 Å². The molecule has 1 aromatic carbocycles. The summed E-state index contributed by atoms with van der Waals surface area (Å²) in [5.41, 5.74) is 1.51. The van der Waals surface area contributed by atoms with Crippen LogP contribution in [0.1, 0.15) is 19.4 Å². The van der Waals surface area contributed by atoms with Crippen molar-refractivity contribution in [2.75, 3.05) is 6.61 Å². The van der Waals surface area contributed by atoms with Crippen LogP contribution in [0.15, 0.2) is 36.6 Å². The molecule has 0 saturated heterocycles. The van der Waals surface area contributed by atoms with Gasteiger partial charge in [0.2, 0.25) is 0 Å². The maximum Gasteiger partial charge on any atom is 0.163 e. The molecule has 0 heterocycles. The summed E-state index contributed by atoms with van der Waals surface area (Å²) < 4.78 is 5.13. The van der Waals surface area contributed by atoms with Crippen LogP contribution in [0.4, 0.5) is 0 Å². The lowest BCUT2D eigenvalue weighted by Crippen LogP contribution is -1.97. The Morgan fingerprint density at radius 2 is 2.00 bits per heavy atom. The minimum Gasteiger partial charge on any atom is -0.501 e. The fraction of sp³-hybridized carbons (Fsp3) is 0.250. The summed E-state index contributed by atoms with van der Waals surface area (Å²) in [6.07, 6.45) is 1.53. The molecule has 0 aliphatic carbocycles. The molecule has 2 nitrogen and oxygen atoms in total. The Balaban J connectivity index is 2.95. The minimum atomic E-state index is 0.0182. The van der Waals surface area contributed by atoms with Gasteiger partial charge in [0.25, 0.3) is 0 Å². The molecule has 0 N–H and O–H groups in total. The second kappa shape index (κ2) is 5.22. The van der Waals surface area contributed by atoms with Crippen LogP contribution in [-0.4, -0.2) is 12.4 Å². The third-order valence-electron chi connectivity index (χ3n) is 1.83. The number of Topliss-reactive ketones (excluding diaryl/α,β-unsaturated/α-hetero) is 1. The van der Waals surface area contributed by atoms with Gasteiger partial charge in [0, 0.05) is 0 Å². The third-order valence-corrected chi connectivity index (χ3v) is 1.83. The van der Waals surface area contributed by atoms with E-state index in [4.69, 9.17) is 4.74 Å². The highest BCUT2D eigenvalue weighted by Crippen LogP contribution is 2.14. The predicted octanol–water partition coefficient (Wildman–Crippen LogP) is 2.65. The minimum absolute atomic E-state index is 0.0182. The molecule has 0 bridgehead atoms. The Bertz CT molecular complexity index is 325. The quantitative estimate of drug-likeness (QED) is 0.539. The highest BCUT2D eigenvalue weighted by atomic mass is 16.5. The first kappa shape index (κ1) is 10.5. The van der Waals surface area contributed by atoms with Gasteiger partial charge in [-0.2, -0.15) is 0 Å². The molecule has 1 rings (SSSR count). The standard InChI is InChI=1S/C12H14O2/c1-3-14-9-12(10(2)13)11-7-5-4-6-8-11/h4-9H,3H2,1-2H3. The summed E-state index contributed by atoms with van der Waals surface area (Å²) in [5, 5.41) is 0. The number of ketones is 1. The van der Waals surface area contributed by atoms with Crippen LogP contribution in [0.2, 0.25) is 0 Å². The van der Waals surface area contributed by atoms with Gasteiger partial charge < -0.3 is 4.74 Å². The molecule has 2 heteroatoms. The molecule has 0 atom stereocenters. The van der Waals surface area contributed by atoms with Gasteiger partial charge >= 0.3 is 0 Å². The van der Waals surface area contributed by atoms with E-state index in [1.165, 1.54) is 13.2 Å². The molecule has 0 spiro atoms. The second-order valence-electron chi connectivity index (χ2n) is 2.91. The molecular weight excluding hydrogens is 176 g/mol. The monoisotopic (exact) mass is 190 g/mol. The van der Waals surface area contributed by atoms with Gasteiger partial charge in [0.15, 0.2) is 5.78 Å². The second-order valence-corrected chi connectivity index (χ2v) is 2.91. The number of hydrogen-bond donors (Lipinski definition) is 0. The van der Waals surface area contributed by atoms with Crippen molar-refractivity contribution in [3.8, 4) is 0 Å². The maximum atomic E-state index is 11.3. The fourth-order valence-electron chi connectivity index (χ4n) is 1.14. The van der Waals surface area contributed by atoms with E-state index in [0.717, 1.165) is 5.56 Å². The Hall–Kier alpha value is -1.57. The largest absolute Gasteiger partial charge is 0.501 e. The first-order chi connectivity index (χ1) is 6.75. The van der Waals surface area contributed by atoms with E-state index in [1.54, 1.807) is 0 Å². The molecule has 14 heavy (non-hydrogen) atoms. The van der Waals surface area contributed by atoms with Gasteiger partial charge in [0.1, 0.15) is 0 Å². The summed E-state index contributed by atoms with van der Waals surface area (Å²) >= 11 is 0. The van der Waals surface area contributed by atoms with Crippen molar-refractivity contribution >= 4 is 11.4 Å². The lowest BCUT2D eigenvalue weighted by atomic mass is 10.0. The van der Waals surface area contributed by atoms with Gasteiger partial charge in [0.05, 0.1) is 18.4 Å². The zero-order chi connectivity index (χ0) is 10.4. The maximum absolute atomic E-state index is 11.3. The first-order valence-electron chi connectivity index (χ1n) is 4.63. The smallest absolute Gasteiger partial charge is 0.163 e. The number of hydrogen-bond acceptors (Lipinski definition) is 2. The number of benzene rings is 1. The van der Waals surface area contributed by atoms with Crippen molar-refractivity contribution < 1.29 is 9.53 Å². The van der Waals surface area contributed by atoms with Crippen molar-refractivity contribution in [1.82, 2.24) is 0 Å².